The summed E-state index contributed by atoms with van der Waals surface area (Å²) >= 11 is 0. The van der Waals surface area contributed by atoms with Gasteiger partial charge in [0, 0.05) is 34.2 Å². The molecule has 0 spiro atoms. The van der Waals surface area contributed by atoms with Gasteiger partial charge in [-0.15, -0.1) is 0 Å². The first-order chi connectivity index (χ1) is 13.8. The van der Waals surface area contributed by atoms with Crippen LogP contribution in [0.15, 0.2) is 35.3 Å². The van der Waals surface area contributed by atoms with Crippen LogP contribution in [0.4, 0.5) is 0 Å². The third-order valence-electron chi connectivity index (χ3n) is 5.39. The van der Waals surface area contributed by atoms with Gasteiger partial charge in [-0.3, -0.25) is 9.79 Å². The van der Waals surface area contributed by atoms with Crippen LogP contribution in [0.5, 0.6) is 0 Å². The topological polar surface area (TPSA) is 90.9 Å². The maximum absolute atomic E-state index is 12.6. The number of aliphatic imine (C=N–C) groups is 1. The summed E-state index contributed by atoms with van der Waals surface area (Å²) in [6.07, 6.45) is 4.38. The van der Waals surface area contributed by atoms with Crippen LogP contribution in [0.2, 0.25) is 0 Å². The van der Waals surface area contributed by atoms with Crippen molar-refractivity contribution < 1.29 is 13.2 Å². The lowest BCUT2D eigenvalue weighted by molar-refractivity contribution is -0.138. The van der Waals surface area contributed by atoms with E-state index in [1.165, 1.54) is 0 Å². The highest BCUT2D eigenvalue weighted by Gasteiger charge is 2.42. The molecule has 1 aliphatic rings. The Morgan fingerprint density at radius 1 is 1.14 bits per heavy atom. The van der Waals surface area contributed by atoms with Gasteiger partial charge in [-0.2, -0.15) is 0 Å². The van der Waals surface area contributed by atoms with Crippen molar-refractivity contribution in [3.05, 3.63) is 35.9 Å². The molecule has 162 valence electrons. The van der Waals surface area contributed by atoms with Gasteiger partial charge < -0.3 is 15.5 Å². The molecule has 0 aromatic heterocycles. The van der Waals surface area contributed by atoms with Gasteiger partial charge in [0.1, 0.15) is 0 Å². The number of rotatable bonds is 9. The number of carbonyl (C=O) groups is 1. The summed E-state index contributed by atoms with van der Waals surface area (Å²) in [5, 5.41) is 6.43. The minimum atomic E-state index is -3.15. The summed E-state index contributed by atoms with van der Waals surface area (Å²) in [5.41, 5.74) is 0.436. The van der Waals surface area contributed by atoms with Crippen LogP contribution < -0.4 is 10.6 Å². The number of nitrogens with zero attached hydrogens (tertiary/aromatic N) is 2. The van der Waals surface area contributed by atoms with Crippen molar-refractivity contribution in [3.63, 3.8) is 0 Å². The third-order valence-corrected chi connectivity index (χ3v) is 7.08. The number of sulfone groups is 1. The van der Waals surface area contributed by atoms with E-state index in [4.69, 9.17) is 0 Å². The lowest BCUT2D eigenvalue weighted by Gasteiger charge is -2.31. The van der Waals surface area contributed by atoms with Gasteiger partial charge in [0.2, 0.25) is 5.91 Å². The number of carbonyl (C=O) groups excluding carboxylic acids is 1. The average molecular weight is 423 g/mol. The fourth-order valence-corrected chi connectivity index (χ4v) is 5.29. The highest BCUT2D eigenvalue weighted by atomic mass is 32.2. The summed E-state index contributed by atoms with van der Waals surface area (Å²) < 4.78 is 24.6. The predicted octanol–water partition coefficient (Wildman–Crippen LogP) is 1.81. The molecule has 1 aliphatic carbocycles. The molecule has 29 heavy (non-hydrogen) atoms. The zero-order chi connectivity index (χ0) is 21.3. The van der Waals surface area contributed by atoms with Crippen LogP contribution in [0, 0.1) is 5.41 Å². The normalized spacial score (nSPS) is 16.4. The van der Waals surface area contributed by atoms with E-state index in [0.29, 0.717) is 25.5 Å². The first-order valence-corrected chi connectivity index (χ1v) is 12.0. The fourth-order valence-electron chi connectivity index (χ4n) is 3.87. The van der Waals surface area contributed by atoms with Gasteiger partial charge in [-0.25, -0.2) is 8.42 Å². The van der Waals surface area contributed by atoms with Crippen molar-refractivity contribution in [2.45, 2.75) is 37.9 Å². The van der Waals surface area contributed by atoms with Crippen molar-refractivity contribution in [2.24, 2.45) is 10.4 Å². The van der Waals surface area contributed by atoms with E-state index in [0.717, 1.165) is 31.2 Å². The zero-order valence-electron chi connectivity index (χ0n) is 17.8. The maximum atomic E-state index is 12.6. The van der Waals surface area contributed by atoms with Crippen LogP contribution >= 0.6 is 0 Å². The molecule has 1 aromatic rings. The molecule has 0 bridgehead atoms. The van der Waals surface area contributed by atoms with Crippen LogP contribution in [0.1, 0.15) is 37.7 Å². The number of hydrogen-bond acceptors (Lipinski definition) is 4. The van der Waals surface area contributed by atoms with E-state index in [9.17, 15) is 13.2 Å². The van der Waals surface area contributed by atoms with Crippen molar-refractivity contribution in [1.29, 1.82) is 0 Å². The average Bonchev–Trinajstić information content (AvgIpc) is 3.17. The minimum absolute atomic E-state index is 0.0655. The fraction of sp³-hybridized carbons (Fsp3) is 0.619. The van der Waals surface area contributed by atoms with E-state index in [2.05, 4.69) is 15.6 Å². The van der Waals surface area contributed by atoms with Crippen LogP contribution in [-0.2, 0) is 20.4 Å². The molecule has 1 amide bonds. The quantitative estimate of drug-likeness (QED) is 0.360. The van der Waals surface area contributed by atoms with E-state index < -0.39 is 9.84 Å². The van der Waals surface area contributed by atoms with Gasteiger partial charge >= 0.3 is 0 Å². The Balaban J connectivity index is 1.78. The van der Waals surface area contributed by atoms with Gasteiger partial charge in [0.05, 0.1) is 16.9 Å². The Morgan fingerprint density at radius 3 is 2.38 bits per heavy atom. The van der Waals surface area contributed by atoms with Gasteiger partial charge in [0.25, 0.3) is 0 Å². The van der Waals surface area contributed by atoms with Gasteiger partial charge in [0.15, 0.2) is 15.8 Å². The lowest BCUT2D eigenvalue weighted by atomic mass is 9.84. The Bertz CT molecular complexity index is 785. The van der Waals surface area contributed by atoms with E-state index in [1.807, 2.05) is 30.3 Å². The van der Waals surface area contributed by atoms with Crippen LogP contribution in [0.3, 0.4) is 0 Å². The summed E-state index contributed by atoms with van der Waals surface area (Å²) in [5.74, 6) is 0.943. The Labute approximate surface area is 174 Å². The molecule has 0 atom stereocenters. The predicted molar refractivity (Wildman–Crippen MR) is 118 cm³/mol. The molecule has 1 saturated carbocycles. The Hall–Kier alpha value is -2.09. The SMILES string of the molecule is CN=C(NCCCS(=O)(=O)Cc1ccccc1)NCC1(C(=O)N(C)C)CCCC1. The third kappa shape index (κ3) is 7.03. The summed E-state index contributed by atoms with van der Waals surface area (Å²) in [6.45, 7) is 1.04. The molecule has 0 heterocycles. The monoisotopic (exact) mass is 422 g/mol. The van der Waals surface area contributed by atoms with Crippen molar-refractivity contribution in [1.82, 2.24) is 15.5 Å². The number of nitrogens with one attached hydrogen (secondary N) is 2. The molecule has 0 saturated heterocycles. The molecule has 2 N–H and O–H groups in total. The zero-order valence-corrected chi connectivity index (χ0v) is 18.6. The highest BCUT2D eigenvalue weighted by Crippen LogP contribution is 2.38. The second-order valence-electron chi connectivity index (χ2n) is 7.97. The molecule has 1 fully saturated rings. The molecule has 2 rings (SSSR count). The summed E-state index contributed by atoms with van der Waals surface area (Å²) in [6, 6.07) is 9.23. The Kier molecular flexibility index (Phi) is 8.49. The van der Waals surface area contributed by atoms with Crippen molar-refractivity contribution in [3.8, 4) is 0 Å². The van der Waals surface area contributed by atoms with Crippen molar-refractivity contribution in [2.75, 3.05) is 40.0 Å². The summed E-state index contributed by atoms with van der Waals surface area (Å²) in [7, 11) is 2.13. The number of benzene rings is 1. The molecule has 0 radical (unpaired) electrons. The van der Waals surface area contributed by atoms with Gasteiger partial charge in [-0.1, -0.05) is 43.2 Å². The number of guanidine groups is 1. The van der Waals surface area contributed by atoms with Gasteiger partial charge in [-0.05, 0) is 24.8 Å². The number of amides is 1. The van der Waals surface area contributed by atoms with Crippen molar-refractivity contribution >= 4 is 21.7 Å². The molecule has 0 aliphatic heterocycles. The highest BCUT2D eigenvalue weighted by molar-refractivity contribution is 7.90. The lowest BCUT2D eigenvalue weighted by Crippen LogP contribution is -2.49. The van der Waals surface area contributed by atoms with E-state index in [-0.39, 0.29) is 22.8 Å². The molecule has 7 nitrogen and oxygen atoms in total. The Morgan fingerprint density at radius 2 is 1.79 bits per heavy atom. The van der Waals surface area contributed by atoms with Crippen LogP contribution in [-0.4, -0.2) is 65.2 Å². The standard InChI is InChI=1S/C21H34N4O3S/c1-22-20(24-17-21(12-7-8-13-21)19(26)25(2)3)23-14-9-15-29(27,28)16-18-10-5-4-6-11-18/h4-6,10-11H,7-9,12-17H2,1-3H3,(H2,22,23,24). The maximum Gasteiger partial charge on any atom is 0.230 e. The molecule has 1 aromatic carbocycles. The summed E-state index contributed by atoms with van der Waals surface area (Å²) in [4.78, 5) is 18.5. The smallest absolute Gasteiger partial charge is 0.230 e. The molecule has 0 unspecified atom stereocenters. The van der Waals surface area contributed by atoms with Crippen LogP contribution in [0.25, 0.3) is 0 Å². The van der Waals surface area contributed by atoms with E-state index >= 15 is 0 Å². The second kappa shape index (κ2) is 10.6. The first-order valence-electron chi connectivity index (χ1n) is 10.2. The molecular formula is C21H34N4O3S. The largest absolute Gasteiger partial charge is 0.356 e. The molecule has 8 heteroatoms. The molecular weight excluding hydrogens is 388 g/mol. The number of hydrogen-bond donors (Lipinski definition) is 2. The first kappa shape index (κ1) is 23.2. The van der Waals surface area contributed by atoms with E-state index in [1.54, 1.807) is 26.0 Å². The second-order valence-corrected chi connectivity index (χ2v) is 10.2. The minimum Gasteiger partial charge on any atom is -0.356 e.